The van der Waals surface area contributed by atoms with Crippen molar-refractivity contribution in [2.45, 2.75) is 225 Å². The number of hydrogen-bond donors (Lipinski definition) is 4. The Kier molecular flexibility index (Phi) is 37.8. The third-order valence-electron chi connectivity index (χ3n) is 9.80. The first-order valence-corrected chi connectivity index (χ1v) is 23.7. The Balaban J connectivity index is 3.87. The molecule has 1 amide bonds. The number of hydrogen-bond acceptors (Lipinski definition) is 8. The fraction of sp³-hybridized carbons (Fsp3) is 0.884. The maximum atomic E-state index is 12.3. The molecule has 0 spiro atoms. The molecule has 55 heavy (non-hydrogen) atoms. The number of unbranched alkanes of at least 4 members (excludes halogenated alkanes) is 26. The van der Waals surface area contributed by atoms with Crippen molar-refractivity contribution in [2.24, 2.45) is 0 Å². The molecule has 3 atom stereocenters. The van der Waals surface area contributed by atoms with E-state index >= 15 is 0 Å². The van der Waals surface area contributed by atoms with E-state index in [0.717, 1.165) is 57.8 Å². The van der Waals surface area contributed by atoms with E-state index in [4.69, 9.17) is 13.8 Å². The van der Waals surface area contributed by atoms with Gasteiger partial charge in [-0.3, -0.25) is 18.6 Å². The van der Waals surface area contributed by atoms with E-state index in [9.17, 15) is 34.1 Å². The number of rotatable bonds is 42. The summed E-state index contributed by atoms with van der Waals surface area (Å²) >= 11 is 0. The summed E-state index contributed by atoms with van der Waals surface area (Å²) in [6, 6.07) is -1.55. The van der Waals surface area contributed by atoms with Crippen molar-refractivity contribution in [1.82, 2.24) is 5.32 Å². The molecule has 0 aliphatic carbocycles. The first-order chi connectivity index (χ1) is 26.6. The fourth-order valence-electron chi connectivity index (χ4n) is 6.31. The molecule has 0 fully saturated rings. The zero-order chi connectivity index (χ0) is 40.7. The minimum absolute atomic E-state index is 0.138. The Morgan fingerprint density at radius 1 is 0.564 bits per heavy atom. The van der Waals surface area contributed by atoms with E-state index in [-0.39, 0.29) is 12.8 Å². The number of aliphatic hydroxyl groups excluding tert-OH is 1. The van der Waals surface area contributed by atoms with Crippen molar-refractivity contribution in [3.8, 4) is 0 Å². The molecule has 0 aliphatic rings. The van der Waals surface area contributed by atoms with Gasteiger partial charge >= 0.3 is 19.8 Å². The molecule has 324 valence electrons. The molecule has 0 saturated carbocycles. The van der Waals surface area contributed by atoms with Gasteiger partial charge < -0.3 is 25.2 Å². The van der Waals surface area contributed by atoms with Crippen molar-refractivity contribution in [3.63, 3.8) is 0 Å². The number of phosphoric ester groups is 1. The predicted molar refractivity (Wildman–Crippen MR) is 222 cm³/mol. The molecule has 0 saturated heterocycles. The van der Waals surface area contributed by atoms with E-state index in [0.29, 0.717) is 12.8 Å². The first-order valence-electron chi connectivity index (χ1n) is 22.2. The lowest BCUT2D eigenvalue weighted by molar-refractivity contribution is -0.147. The molecule has 0 aliphatic heterocycles. The van der Waals surface area contributed by atoms with Crippen LogP contribution in [0.4, 0.5) is 0 Å². The Labute approximate surface area is 335 Å². The van der Waals surface area contributed by atoms with Crippen LogP contribution in [-0.4, -0.2) is 64.9 Å². The van der Waals surface area contributed by atoms with Gasteiger partial charge in [0.1, 0.15) is 12.7 Å². The Morgan fingerprint density at radius 3 is 1.38 bits per heavy atom. The Morgan fingerprint density at radius 2 is 0.945 bits per heavy atom. The third-order valence-corrected chi connectivity index (χ3v) is 10.8. The van der Waals surface area contributed by atoms with Gasteiger partial charge in [0, 0.05) is 12.8 Å². The lowest BCUT2D eigenvalue weighted by Crippen LogP contribution is -2.43. The van der Waals surface area contributed by atoms with Crippen molar-refractivity contribution >= 4 is 25.7 Å². The molecule has 0 heterocycles. The van der Waals surface area contributed by atoms with Gasteiger partial charge in [-0.05, 0) is 38.5 Å². The lowest BCUT2D eigenvalue weighted by atomic mass is 10.0. The van der Waals surface area contributed by atoms with Crippen LogP contribution in [0, 0.1) is 0 Å². The molecule has 0 aromatic rings. The van der Waals surface area contributed by atoms with E-state index in [1.54, 1.807) is 0 Å². The topological polar surface area (TPSA) is 169 Å². The number of carboxylic acid groups (broad SMARTS) is 1. The van der Waals surface area contributed by atoms with E-state index in [2.05, 4.69) is 31.3 Å². The maximum absolute atomic E-state index is 12.3. The van der Waals surface area contributed by atoms with Gasteiger partial charge in [0.15, 0.2) is 6.04 Å². The largest absolute Gasteiger partial charge is 0.480 e. The number of ether oxygens (including phenoxy) is 1. The van der Waals surface area contributed by atoms with Gasteiger partial charge in [0.2, 0.25) is 5.91 Å². The molecule has 3 unspecified atom stereocenters. The van der Waals surface area contributed by atoms with Crippen molar-refractivity contribution in [3.05, 3.63) is 12.2 Å². The second kappa shape index (κ2) is 39.1. The Hall–Kier alpha value is -1.78. The molecule has 0 aromatic heterocycles. The summed E-state index contributed by atoms with van der Waals surface area (Å²) in [5.74, 6) is -2.37. The molecule has 0 radical (unpaired) electrons. The minimum atomic E-state index is -4.75. The average Bonchev–Trinajstić information content (AvgIpc) is 3.16. The van der Waals surface area contributed by atoms with Crippen LogP contribution < -0.4 is 5.32 Å². The number of carboxylic acids is 1. The molecule has 11 nitrogen and oxygen atoms in total. The van der Waals surface area contributed by atoms with Gasteiger partial charge in [-0.1, -0.05) is 174 Å². The van der Waals surface area contributed by atoms with Gasteiger partial charge in [0.05, 0.1) is 13.2 Å². The average molecular weight is 804 g/mol. The van der Waals surface area contributed by atoms with Gasteiger partial charge in [-0.2, -0.15) is 0 Å². The number of esters is 1. The van der Waals surface area contributed by atoms with Gasteiger partial charge in [-0.15, -0.1) is 0 Å². The predicted octanol–water partition coefficient (Wildman–Crippen LogP) is 11.3. The number of carbonyl (C=O) groups excluding carboxylic acids is 2. The number of phosphoric acid groups is 1. The molecule has 4 N–H and O–H groups in total. The number of allylic oxidation sites excluding steroid dienone is 2. The monoisotopic (exact) mass is 804 g/mol. The first kappa shape index (κ1) is 53.2. The normalized spacial score (nSPS) is 13.8. The third kappa shape index (κ3) is 38.9. The second-order valence-corrected chi connectivity index (χ2v) is 16.7. The van der Waals surface area contributed by atoms with E-state index in [1.807, 2.05) is 0 Å². The number of amides is 1. The second-order valence-electron chi connectivity index (χ2n) is 15.2. The van der Waals surface area contributed by atoms with Crippen LogP contribution in [0.3, 0.4) is 0 Å². The zero-order valence-electron chi connectivity index (χ0n) is 35.0. The summed E-state index contributed by atoms with van der Waals surface area (Å²) in [6.45, 7) is 2.60. The highest BCUT2D eigenvalue weighted by Crippen LogP contribution is 2.43. The van der Waals surface area contributed by atoms with Crippen molar-refractivity contribution in [2.75, 3.05) is 19.8 Å². The number of aliphatic carboxylic acids is 1. The highest BCUT2D eigenvalue weighted by molar-refractivity contribution is 7.47. The SMILES string of the molecule is CCCCCCC/C=C\CCCCCCCC(=O)NC(COP(=O)(O)OCC(O)COC(=O)CCCCCCCCCCCCCCCCCCC)C(=O)O. The van der Waals surface area contributed by atoms with Crippen LogP contribution in [0.25, 0.3) is 0 Å². The highest BCUT2D eigenvalue weighted by atomic mass is 31.2. The molecule has 12 heteroatoms. The lowest BCUT2D eigenvalue weighted by Gasteiger charge is -2.18. The minimum Gasteiger partial charge on any atom is -0.480 e. The maximum Gasteiger partial charge on any atom is 0.472 e. The zero-order valence-corrected chi connectivity index (χ0v) is 35.9. The van der Waals surface area contributed by atoms with Crippen LogP contribution in [0.1, 0.15) is 213 Å². The molecular weight excluding hydrogens is 721 g/mol. The molecule has 0 bridgehead atoms. The molecular formula is C43H82NO10P. The summed E-state index contributed by atoms with van der Waals surface area (Å²) in [7, 11) is -4.75. The number of carbonyl (C=O) groups is 3. The van der Waals surface area contributed by atoms with E-state index < -0.39 is 57.6 Å². The summed E-state index contributed by atoms with van der Waals surface area (Å²) in [5.41, 5.74) is 0. The summed E-state index contributed by atoms with van der Waals surface area (Å²) < 4.78 is 26.8. The number of aliphatic hydroxyl groups is 1. The Bertz CT molecular complexity index is 995. The van der Waals surface area contributed by atoms with E-state index in [1.165, 1.54) is 116 Å². The molecule has 0 rings (SSSR count). The van der Waals surface area contributed by atoms with Crippen molar-refractivity contribution in [1.29, 1.82) is 0 Å². The quantitative estimate of drug-likeness (QED) is 0.0202. The molecule has 0 aromatic carbocycles. The van der Waals surface area contributed by atoms with Crippen molar-refractivity contribution < 1.29 is 47.8 Å². The highest BCUT2D eigenvalue weighted by Gasteiger charge is 2.28. The van der Waals surface area contributed by atoms with Crippen LogP contribution in [-0.2, 0) is 32.7 Å². The van der Waals surface area contributed by atoms with Gasteiger partial charge in [0.25, 0.3) is 0 Å². The standard InChI is InChI=1S/C43H82NO10P/c1-3-5-7-9-11-13-15-17-19-20-21-23-25-27-29-31-33-35-42(47)52-36-39(45)37-53-55(50,51)54-38-40(43(48)49)44-41(46)34-32-30-28-26-24-22-18-16-14-12-10-8-6-4-2/h16,18,39-40,45H,3-15,17,19-38H2,1-2H3,(H,44,46)(H,48,49)(H,50,51)/b18-16-. The summed E-state index contributed by atoms with van der Waals surface area (Å²) in [5, 5.41) is 21.8. The van der Waals surface area contributed by atoms with Crippen LogP contribution >= 0.6 is 7.82 Å². The summed E-state index contributed by atoms with van der Waals surface area (Å²) in [4.78, 5) is 45.9. The van der Waals surface area contributed by atoms with Crippen LogP contribution in [0.5, 0.6) is 0 Å². The fourth-order valence-corrected chi connectivity index (χ4v) is 7.08. The van der Waals surface area contributed by atoms with Crippen LogP contribution in [0.2, 0.25) is 0 Å². The number of nitrogens with one attached hydrogen (secondary N) is 1. The van der Waals surface area contributed by atoms with Crippen LogP contribution in [0.15, 0.2) is 12.2 Å². The van der Waals surface area contributed by atoms with Gasteiger partial charge in [-0.25, -0.2) is 9.36 Å². The smallest absolute Gasteiger partial charge is 0.472 e. The summed E-state index contributed by atoms with van der Waals surface area (Å²) in [6.07, 6.45) is 38.0.